The summed E-state index contributed by atoms with van der Waals surface area (Å²) in [6.07, 6.45) is -1.29. The topological polar surface area (TPSA) is 91.2 Å². The zero-order chi connectivity index (χ0) is 19.6. The van der Waals surface area contributed by atoms with E-state index in [-0.39, 0.29) is 32.9 Å². The molecular formula is C14H15ClF3N5O2S2. The second kappa shape index (κ2) is 8.35. The van der Waals surface area contributed by atoms with Crippen LogP contribution >= 0.6 is 22.9 Å². The average molecular weight is 442 g/mol. The average Bonchev–Trinajstić information content (AvgIpc) is 3.01. The van der Waals surface area contributed by atoms with Crippen molar-refractivity contribution in [3.8, 4) is 10.6 Å². The summed E-state index contributed by atoms with van der Waals surface area (Å²) in [4.78, 5) is 13.7. The molecule has 2 aromatic heterocycles. The van der Waals surface area contributed by atoms with E-state index in [0.29, 0.717) is 25.9 Å². The van der Waals surface area contributed by atoms with Crippen LogP contribution in [0.4, 0.5) is 19.1 Å². The number of nitrogens with one attached hydrogen (secondary N) is 1. The second-order valence-corrected chi connectivity index (χ2v) is 8.43. The highest BCUT2D eigenvalue weighted by Gasteiger charge is 2.36. The zero-order valence-corrected chi connectivity index (χ0v) is 16.1. The van der Waals surface area contributed by atoms with Gasteiger partial charge in [-0.2, -0.15) is 13.2 Å². The number of thiazole rings is 1. The Morgan fingerprint density at radius 3 is 2.59 bits per heavy atom. The van der Waals surface area contributed by atoms with Gasteiger partial charge in [0, 0.05) is 31.5 Å². The van der Waals surface area contributed by atoms with Crippen molar-refractivity contribution in [2.45, 2.75) is 25.1 Å². The number of rotatable bonds is 5. The standard InChI is InChI=1S/C14H15ClF3N5O2S2/c15-12-19-6-10(26-12)11-9(14(16,17)18)5-20-13(22-11)21-8-1-3-23(4-2-8)7-27(24)25/h5-6,8H,1-4,7H2,(H,24,25)(H,20,21,22). The molecule has 0 bridgehead atoms. The van der Waals surface area contributed by atoms with Crippen molar-refractivity contribution in [2.24, 2.45) is 0 Å². The van der Waals surface area contributed by atoms with Gasteiger partial charge in [-0.15, -0.1) is 11.3 Å². The lowest BCUT2D eigenvalue weighted by molar-refractivity contribution is -0.137. The fourth-order valence-corrected chi connectivity index (χ4v) is 4.27. The van der Waals surface area contributed by atoms with Crippen molar-refractivity contribution in [1.29, 1.82) is 0 Å². The van der Waals surface area contributed by atoms with Crippen molar-refractivity contribution in [3.63, 3.8) is 0 Å². The fourth-order valence-electron chi connectivity index (χ4n) is 2.75. The summed E-state index contributed by atoms with van der Waals surface area (Å²) in [5.74, 6) is 0.173. The predicted molar refractivity (Wildman–Crippen MR) is 97.0 cm³/mol. The SMILES string of the molecule is O=S(O)CN1CCC(Nc2ncc(C(F)(F)F)c(-c3cnc(Cl)s3)n2)CC1. The summed E-state index contributed by atoms with van der Waals surface area (Å²) in [6.45, 7) is 1.20. The number of nitrogens with zero attached hydrogens (tertiary/aromatic N) is 4. The van der Waals surface area contributed by atoms with Crippen LogP contribution in [0, 0.1) is 0 Å². The molecule has 0 saturated carbocycles. The number of hydrogen-bond donors (Lipinski definition) is 2. The van der Waals surface area contributed by atoms with Crippen LogP contribution in [0.1, 0.15) is 18.4 Å². The maximum absolute atomic E-state index is 13.3. The molecule has 3 heterocycles. The van der Waals surface area contributed by atoms with E-state index in [1.54, 1.807) is 0 Å². The second-order valence-electron chi connectivity index (χ2n) is 5.92. The van der Waals surface area contributed by atoms with Crippen molar-refractivity contribution in [1.82, 2.24) is 19.9 Å². The molecule has 3 rings (SSSR count). The largest absolute Gasteiger partial charge is 0.420 e. The number of aromatic nitrogens is 3. The van der Waals surface area contributed by atoms with Crippen LogP contribution in [0.3, 0.4) is 0 Å². The van der Waals surface area contributed by atoms with Crippen LogP contribution in [0.5, 0.6) is 0 Å². The van der Waals surface area contributed by atoms with Gasteiger partial charge in [-0.1, -0.05) is 11.6 Å². The molecule has 0 radical (unpaired) electrons. The Bertz CT molecular complexity index is 827. The lowest BCUT2D eigenvalue weighted by Gasteiger charge is -2.31. The molecule has 13 heteroatoms. The van der Waals surface area contributed by atoms with Gasteiger partial charge in [-0.3, -0.25) is 4.90 Å². The van der Waals surface area contributed by atoms with Crippen LogP contribution in [-0.2, 0) is 17.3 Å². The summed E-state index contributed by atoms with van der Waals surface area (Å²) >= 11 is 4.77. The summed E-state index contributed by atoms with van der Waals surface area (Å²) in [5.41, 5.74) is -1.22. The molecule has 27 heavy (non-hydrogen) atoms. The van der Waals surface area contributed by atoms with Crippen LogP contribution in [-0.4, -0.2) is 53.6 Å². The number of piperidine rings is 1. The molecule has 1 unspecified atom stereocenters. The van der Waals surface area contributed by atoms with Crippen molar-refractivity contribution in [3.05, 3.63) is 22.4 Å². The van der Waals surface area contributed by atoms with E-state index in [4.69, 9.17) is 16.2 Å². The normalized spacial score (nSPS) is 17.8. The summed E-state index contributed by atoms with van der Waals surface area (Å²) in [6, 6.07) is -0.0389. The fraction of sp³-hybridized carbons (Fsp3) is 0.500. The summed E-state index contributed by atoms with van der Waals surface area (Å²) in [5, 5.41) is 3.05. The molecule has 7 nitrogen and oxygen atoms in total. The van der Waals surface area contributed by atoms with Gasteiger partial charge >= 0.3 is 6.18 Å². The molecule has 1 aliphatic heterocycles. The first-order valence-corrected chi connectivity index (χ1v) is 10.3. The summed E-state index contributed by atoms with van der Waals surface area (Å²) < 4.78 is 59.7. The van der Waals surface area contributed by atoms with E-state index in [9.17, 15) is 17.4 Å². The first-order chi connectivity index (χ1) is 12.7. The third-order valence-electron chi connectivity index (χ3n) is 4.02. The monoisotopic (exact) mass is 441 g/mol. The highest BCUT2D eigenvalue weighted by molar-refractivity contribution is 7.79. The van der Waals surface area contributed by atoms with Gasteiger partial charge < -0.3 is 9.87 Å². The van der Waals surface area contributed by atoms with Gasteiger partial charge in [0.05, 0.1) is 10.6 Å². The lowest BCUT2D eigenvalue weighted by Crippen LogP contribution is -2.40. The van der Waals surface area contributed by atoms with Gasteiger partial charge in [-0.25, -0.2) is 19.2 Å². The number of hydrogen-bond acceptors (Lipinski definition) is 7. The maximum Gasteiger partial charge on any atom is 0.420 e. The third-order valence-corrected chi connectivity index (χ3v) is 5.73. The van der Waals surface area contributed by atoms with E-state index < -0.39 is 22.8 Å². The minimum atomic E-state index is -4.60. The van der Waals surface area contributed by atoms with E-state index in [1.165, 1.54) is 6.20 Å². The Hall–Kier alpha value is -1.34. The van der Waals surface area contributed by atoms with Gasteiger partial charge in [-0.05, 0) is 12.8 Å². The van der Waals surface area contributed by atoms with E-state index in [0.717, 1.165) is 17.5 Å². The van der Waals surface area contributed by atoms with E-state index in [1.807, 2.05) is 4.90 Å². The highest BCUT2D eigenvalue weighted by atomic mass is 35.5. The molecular weight excluding hydrogens is 427 g/mol. The number of alkyl halides is 3. The van der Waals surface area contributed by atoms with E-state index >= 15 is 0 Å². The molecule has 2 aromatic rings. The molecule has 0 aromatic carbocycles. The van der Waals surface area contributed by atoms with Gasteiger partial charge in [0.1, 0.15) is 11.4 Å². The van der Waals surface area contributed by atoms with Crippen LogP contribution < -0.4 is 5.32 Å². The number of likely N-dealkylation sites (tertiary alicyclic amines) is 1. The van der Waals surface area contributed by atoms with Crippen molar-refractivity contribution in [2.75, 3.05) is 24.3 Å². The summed E-state index contributed by atoms with van der Waals surface area (Å²) in [7, 11) is 0. The lowest BCUT2D eigenvalue weighted by atomic mass is 10.1. The molecule has 1 saturated heterocycles. The van der Waals surface area contributed by atoms with Crippen LogP contribution in [0.2, 0.25) is 4.47 Å². The highest BCUT2D eigenvalue weighted by Crippen LogP contribution is 2.38. The van der Waals surface area contributed by atoms with Crippen molar-refractivity contribution >= 4 is 40.0 Å². The number of halogens is 4. The molecule has 148 valence electrons. The minimum Gasteiger partial charge on any atom is -0.351 e. The Balaban J connectivity index is 1.76. The molecule has 0 spiro atoms. The minimum absolute atomic E-state index is 0.0389. The Morgan fingerprint density at radius 1 is 1.33 bits per heavy atom. The Morgan fingerprint density at radius 2 is 2.04 bits per heavy atom. The molecule has 2 N–H and O–H groups in total. The van der Waals surface area contributed by atoms with Gasteiger partial charge in [0.25, 0.3) is 0 Å². The first kappa shape index (κ1) is 20.4. The van der Waals surface area contributed by atoms with Gasteiger partial charge in [0.15, 0.2) is 15.5 Å². The molecule has 0 aliphatic carbocycles. The maximum atomic E-state index is 13.3. The quantitative estimate of drug-likeness (QED) is 0.687. The number of anilines is 1. The Labute approximate surface area is 164 Å². The molecule has 1 fully saturated rings. The van der Waals surface area contributed by atoms with Crippen LogP contribution in [0.15, 0.2) is 12.4 Å². The third kappa shape index (κ3) is 5.35. The molecule has 1 aliphatic rings. The zero-order valence-electron chi connectivity index (χ0n) is 13.7. The molecule has 0 amide bonds. The first-order valence-electron chi connectivity index (χ1n) is 7.84. The molecule has 1 atom stereocenters. The smallest absolute Gasteiger partial charge is 0.351 e. The van der Waals surface area contributed by atoms with Crippen molar-refractivity contribution < 1.29 is 21.9 Å². The van der Waals surface area contributed by atoms with E-state index in [2.05, 4.69) is 20.3 Å². The Kier molecular flexibility index (Phi) is 6.31. The van der Waals surface area contributed by atoms with Gasteiger partial charge in [0.2, 0.25) is 5.95 Å². The predicted octanol–water partition coefficient (Wildman–Crippen LogP) is 3.33. The van der Waals surface area contributed by atoms with Crippen LogP contribution in [0.25, 0.3) is 10.6 Å².